The first-order valence-corrected chi connectivity index (χ1v) is 6.21. The molecule has 6 heteroatoms. The second-order valence-electron chi connectivity index (χ2n) is 4.33. The maximum absolute atomic E-state index is 10.9. The summed E-state index contributed by atoms with van der Waals surface area (Å²) in [5.74, 6) is 0.136. The van der Waals surface area contributed by atoms with Crippen LogP contribution in [0.2, 0.25) is 0 Å². The van der Waals surface area contributed by atoms with E-state index in [1.807, 2.05) is 0 Å². The molecule has 0 aliphatic carbocycles. The summed E-state index contributed by atoms with van der Waals surface area (Å²) in [7, 11) is 1.50. The van der Waals surface area contributed by atoms with E-state index in [2.05, 4.69) is 4.98 Å². The fraction of sp³-hybridized carbons (Fsp3) is 0.200. The van der Waals surface area contributed by atoms with Crippen LogP contribution < -0.4 is 9.47 Å². The number of pyridine rings is 1. The smallest absolute Gasteiger partial charge is 0.337 e. The zero-order valence-corrected chi connectivity index (χ0v) is 11.7. The Morgan fingerprint density at radius 2 is 2.00 bits per heavy atom. The highest BCUT2D eigenvalue weighted by molar-refractivity contribution is 5.88. The van der Waals surface area contributed by atoms with E-state index < -0.39 is 5.97 Å². The molecule has 0 atom stereocenters. The van der Waals surface area contributed by atoms with E-state index in [1.54, 1.807) is 25.1 Å². The van der Waals surface area contributed by atoms with Crippen LogP contribution in [0.25, 0.3) is 0 Å². The molecule has 110 valence electrons. The Balaban J connectivity index is 2.30. The van der Waals surface area contributed by atoms with Gasteiger partial charge in [-0.15, -0.1) is 0 Å². The van der Waals surface area contributed by atoms with Crippen LogP contribution in [0.3, 0.4) is 0 Å². The first-order valence-electron chi connectivity index (χ1n) is 6.21. The molecule has 1 heterocycles. The van der Waals surface area contributed by atoms with Gasteiger partial charge in [-0.05, 0) is 30.7 Å². The molecule has 0 fully saturated rings. The number of carboxylic acids is 1. The van der Waals surface area contributed by atoms with Crippen molar-refractivity contribution in [1.82, 2.24) is 4.98 Å². The molecule has 0 unspecified atom stereocenters. The van der Waals surface area contributed by atoms with E-state index in [0.717, 1.165) is 0 Å². The second kappa shape index (κ2) is 6.23. The van der Waals surface area contributed by atoms with Gasteiger partial charge in [-0.2, -0.15) is 0 Å². The SMILES string of the molecule is COc1cc(CO)ccc1Oc1ccc(C(=O)O)c(C)n1. The molecular weight excluding hydrogens is 274 g/mol. The number of ether oxygens (including phenoxy) is 2. The highest BCUT2D eigenvalue weighted by Gasteiger charge is 2.11. The number of aromatic carboxylic acids is 1. The third-order valence-electron chi connectivity index (χ3n) is 2.92. The van der Waals surface area contributed by atoms with Crippen molar-refractivity contribution < 1.29 is 24.5 Å². The van der Waals surface area contributed by atoms with Gasteiger partial charge in [0.05, 0.1) is 25.0 Å². The summed E-state index contributed by atoms with van der Waals surface area (Å²) >= 11 is 0. The van der Waals surface area contributed by atoms with Crippen molar-refractivity contribution in [3.05, 3.63) is 47.2 Å². The van der Waals surface area contributed by atoms with E-state index in [4.69, 9.17) is 19.7 Å². The molecule has 2 N–H and O–H groups in total. The molecule has 1 aromatic carbocycles. The molecule has 0 amide bonds. The monoisotopic (exact) mass is 289 g/mol. The summed E-state index contributed by atoms with van der Waals surface area (Å²) in [6, 6.07) is 7.95. The lowest BCUT2D eigenvalue weighted by molar-refractivity contribution is 0.0695. The molecule has 0 saturated heterocycles. The van der Waals surface area contributed by atoms with Gasteiger partial charge in [-0.25, -0.2) is 9.78 Å². The van der Waals surface area contributed by atoms with Gasteiger partial charge in [0.25, 0.3) is 0 Å². The normalized spacial score (nSPS) is 10.2. The van der Waals surface area contributed by atoms with Crippen molar-refractivity contribution in [3.8, 4) is 17.4 Å². The number of aromatic nitrogens is 1. The first-order chi connectivity index (χ1) is 10.0. The van der Waals surface area contributed by atoms with Crippen molar-refractivity contribution in [2.24, 2.45) is 0 Å². The van der Waals surface area contributed by atoms with Gasteiger partial charge in [0.2, 0.25) is 5.88 Å². The quantitative estimate of drug-likeness (QED) is 0.878. The first kappa shape index (κ1) is 14.8. The van der Waals surface area contributed by atoms with Crippen LogP contribution in [0.5, 0.6) is 17.4 Å². The van der Waals surface area contributed by atoms with E-state index in [9.17, 15) is 4.79 Å². The van der Waals surface area contributed by atoms with Crippen molar-refractivity contribution in [3.63, 3.8) is 0 Å². The summed E-state index contributed by atoms with van der Waals surface area (Å²) in [5.41, 5.74) is 1.19. The van der Waals surface area contributed by atoms with Gasteiger partial charge in [0.15, 0.2) is 11.5 Å². The fourth-order valence-corrected chi connectivity index (χ4v) is 1.83. The van der Waals surface area contributed by atoms with Gasteiger partial charge in [0.1, 0.15) is 0 Å². The Hall–Kier alpha value is -2.60. The predicted molar refractivity (Wildman–Crippen MR) is 74.9 cm³/mol. The molecule has 0 aliphatic heterocycles. The number of aryl methyl sites for hydroxylation is 1. The van der Waals surface area contributed by atoms with E-state index >= 15 is 0 Å². The van der Waals surface area contributed by atoms with Gasteiger partial charge in [0, 0.05) is 6.07 Å². The molecule has 0 spiro atoms. The summed E-state index contributed by atoms with van der Waals surface area (Å²) in [6.07, 6.45) is 0. The molecule has 2 aromatic rings. The molecule has 2 rings (SSSR count). The minimum atomic E-state index is -1.03. The summed E-state index contributed by atoms with van der Waals surface area (Å²) in [4.78, 5) is 15.0. The number of nitrogens with zero attached hydrogens (tertiary/aromatic N) is 1. The van der Waals surface area contributed by atoms with Crippen LogP contribution >= 0.6 is 0 Å². The number of aliphatic hydroxyl groups is 1. The summed E-state index contributed by atoms with van der Waals surface area (Å²) in [5, 5.41) is 18.1. The van der Waals surface area contributed by atoms with Gasteiger partial charge >= 0.3 is 5.97 Å². The van der Waals surface area contributed by atoms with Crippen molar-refractivity contribution in [2.45, 2.75) is 13.5 Å². The number of carbonyl (C=O) groups is 1. The highest BCUT2D eigenvalue weighted by Crippen LogP contribution is 2.31. The second-order valence-corrected chi connectivity index (χ2v) is 4.33. The molecule has 0 radical (unpaired) electrons. The Morgan fingerprint density at radius 1 is 1.24 bits per heavy atom. The van der Waals surface area contributed by atoms with Crippen LogP contribution in [0.15, 0.2) is 30.3 Å². The van der Waals surface area contributed by atoms with Gasteiger partial charge < -0.3 is 19.7 Å². The van der Waals surface area contributed by atoms with Gasteiger partial charge in [-0.1, -0.05) is 6.07 Å². The number of carboxylic acid groups (broad SMARTS) is 1. The van der Waals surface area contributed by atoms with Crippen LogP contribution in [0.1, 0.15) is 21.6 Å². The fourth-order valence-electron chi connectivity index (χ4n) is 1.83. The number of aliphatic hydroxyl groups excluding tert-OH is 1. The molecule has 21 heavy (non-hydrogen) atoms. The largest absolute Gasteiger partial charge is 0.493 e. The minimum Gasteiger partial charge on any atom is -0.493 e. The maximum atomic E-state index is 10.9. The van der Waals surface area contributed by atoms with Crippen LogP contribution in [0, 0.1) is 6.92 Å². The lowest BCUT2D eigenvalue weighted by Crippen LogP contribution is -2.02. The molecule has 1 aromatic heterocycles. The number of methoxy groups -OCH3 is 1. The Morgan fingerprint density at radius 3 is 2.57 bits per heavy atom. The molecule has 0 saturated carbocycles. The highest BCUT2D eigenvalue weighted by atomic mass is 16.5. The van der Waals surface area contributed by atoms with E-state index in [-0.39, 0.29) is 18.1 Å². The predicted octanol–water partition coefficient (Wildman–Crippen LogP) is 2.38. The average Bonchev–Trinajstić information content (AvgIpc) is 2.47. The zero-order valence-electron chi connectivity index (χ0n) is 11.7. The van der Waals surface area contributed by atoms with Crippen LogP contribution in [-0.4, -0.2) is 28.3 Å². The number of hydrogen-bond donors (Lipinski definition) is 2. The summed E-state index contributed by atoms with van der Waals surface area (Å²) < 4.78 is 10.8. The zero-order chi connectivity index (χ0) is 15.4. The molecule has 6 nitrogen and oxygen atoms in total. The van der Waals surface area contributed by atoms with Crippen LogP contribution in [-0.2, 0) is 6.61 Å². The third-order valence-corrected chi connectivity index (χ3v) is 2.92. The average molecular weight is 289 g/mol. The van der Waals surface area contributed by atoms with Gasteiger partial charge in [-0.3, -0.25) is 0 Å². The molecule has 0 bridgehead atoms. The summed E-state index contributed by atoms with van der Waals surface area (Å²) in [6.45, 7) is 1.50. The maximum Gasteiger partial charge on any atom is 0.337 e. The number of rotatable bonds is 5. The molecule has 0 aliphatic rings. The lowest BCUT2D eigenvalue weighted by Gasteiger charge is -2.11. The van der Waals surface area contributed by atoms with E-state index in [1.165, 1.54) is 19.2 Å². The van der Waals surface area contributed by atoms with Crippen molar-refractivity contribution in [1.29, 1.82) is 0 Å². The Labute approximate surface area is 121 Å². The van der Waals surface area contributed by atoms with Crippen LogP contribution in [0.4, 0.5) is 0 Å². The Kier molecular flexibility index (Phi) is 4.39. The van der Waals surface area contributed by atoms with Crippen molar-refractivity contribution >= 4 is 5.97 Å². The standard InChI is InChI=1S/C15H15NO5/c1-9-11(15(18)19)4-6-14(16-9)21-12-5-3-10(8-17)7-13(12)20-2/h3-7,17H,8H2,1-2H3,(H,18,19). The third kappa shape index (κ3) is 3.29. The minimum absolute atomic E-state index is 0.0959. The Bertz CT molecular complexity index is 669. The number of hydrogen-bond acceptors (Lipinski definition) is 5. The number of benzene rings is 1. The lowest BCUT2D eigenvalue weighted by atomic mass is 10.2. The van der Waals surface area contributed by atoms with Crippen molar-refractivity contribution in [2.75, 3.05) is 7.11 Å². The molecular formula is C15H15NO5. The topological polar surface area (TPSA) is 88.9 Å². The van der Waals surface area contributed by atoms with E-state index in [0.29, 0.717) is 22.8 Å².